The maximum absolute atomic E-state index is 11.6. The number of hydrogen-bond acceptors (Lipinski definition) is 3. The number of carbonyl (C=O) groups is 1. The fourth-order valence-electron chi connectivity index (χ4n) is 1.54. The van der Waals surface area contributed by atoms with Crippen LogP contribution in [0.2, 0.25) is 0 Å². The summed E-state index contributed by atoms with van der Waals surface area (Å²) in [5.74, 6) is 0.416. The first-order chi connectivity index (χ1) is 7.27. The highest BCUT2D eigenvalue weighted by Gasteiger charge is 2.22. The van der Waals surface area contributed by atoms with Crippen LogP contribution in [-0.2, 0) is 14.3 Å². The third-order valence-corrected chi connectivity index (χ3v) is 2.76. The smallest absolute Gasteiger partial charge is 0.277 e. The zero-order chi connectivity index (χ0) is 11.1. The maximum Gasteiger partial charge on any atom is 0.277 e. The highest BCUT2D eigenvalue weighted by Crippen LogP contribution is 2.07. The Morgan fingerprint density at radius 1 is 1.33 bits per heavy atom. The molecule has 1 N–H and O–H groups in total. The Kier molecular flexibility index (Phi) is 5.65. The van der Waals surface area contributed by atoms with Gasteiger partial charge in [0, 0.05) is 6.54 Å². The molecule has 1 heterocycles. The van der Waals surface area contributed by atoms with Crippen molar-refractivity contribution in [1.82, 2.24) is 5.32 Å². The minimum Gasteiger partial charge on any atom is -0.351 e. The van der Waals surface area contributed by atoms with Crippen LogP contribution in [0.1, 0.15) is 33.1 Å². The predicted molar refractivity (Wildman–Crippen MR) is 57.4 cm³/mol. The molecule has 15 heavy (non-hydrogen) atoms. The lowest BCUT2D eigenvalue weighted by molar-refractivity contribution is -0.190. The van der Waals surface area contributed by atoms with Crippen LogP contribution in [0.15, 0.2) is 0 Å². The molecule has 0 spiro atoms. The van der Waals surface area contributed by atoms with Gasteiger partial charge in [-0.1, -0.05) is 26.7 Å². The van der Waals surface area contributed by atoms with Gasteiger partial charge in [-0.15, -0.1) is 0 Å². The molecule has 0 radical (unpaired) electrons. The Bertz CT molecular complexity index is 186. The van der Waals surface area contributed by atoms with Crippen molar-refractivity contribution in [2.75, 3.05) is 19.8 Å². The molecule has 0 aromatic heterocycles. The van der Waals surface area contributed by atoms with E-state index in [2.05, 4.69) is 19.2 Å². The van der Waals surface area contributed by atoms with E-state index in [1.807, 2.05) is 0 Å². The Labute approximate surface area is 91.3 Å². The van der Waals surface area contributed by atoms with Gasteiger partial charge in [-0.2, -0.15) is 0 Å². The Morgan fingerprint density at radius 2 is 1.93 bits per heavy atom. The second kappa shape index (κ2) is 6.80. The van der Waals surface area contributed by atoms with Gasteiger partial charge in [0.2, 0.25) is 6.29 Å². The summed E-state index contributed by atoms with van der Waals surface area (Å²) in [6, 6.07) is 0. The van der Waals surface area contributed by atoms with Gasteiger partial charge >= 0.3 is 0 Å². The zero-order valence-corrected chi connectivity index (χ0v) is 9.62. The van der Waals surface area contributed by atoms with Gasteiger partial charge < -0.3 is 14.8 Å². The van der Waals surface area contributed by atoms with Gasteiger partial charge in [0.1, 0.15) is 0 Å². The van der Waals surface area contributed by atoms with Crippen LogP contribution in [-0.4, -0.2) is 32.0 Å². The Morgan fingerprint density at radius 3 is 2.47 bits per heavy atom. The molecule has 0 atom stereocenters. The first kappa shape index (κ1) is 12.5. The molecule has 1 aliphatic heterocycles. The summed E-state index contributed by atoms with van der Waals surface area (Å²) in [5, 5.41) is 2.87. The van der Waals surface area contributed by atoms with Crippen molar-refractivity contribution in [2.24, 2.45) is 5.92 Å². The number of hydrogen-bond donors (Lipinski definition) is 1. The Hall–Kier alpha value is -0.610. The first-order valence-corrected chi connectivity index (χ1v) is 5.78. The van der Waals surface area contributed by atoms with Crippen LogP contribution in [0.5, 0.6) is 0 Å². The molecule has 0 bridgehead atoms. The van der Waals surface area contributed by atoms with Gasteiger partial charge in [0.25, 0.3) is 5.91 Å². The SMILES string of the molecule is CCC(CC)CNC(=O)C1OCCCO1. The molecule has 0 aliphatic carbocycles. The van der Waals surface area contributed by atoms with E-state index in [4.69, 9.17) is 9.47 Å². The standard InChI is InChI=1S/C11H21NO3/c1-3-9(4-2)8-12-10(13)11-14-6-5-7-15-11/h9,11H,3-8H2,1-2H3,(H,12,13). The topological polar surface area (TPSA) is 47.6 Å². The largest absolute Gasteiger partial charge is 0.351 e. The molecule has 4 nitrogen and oxygen atoms in total. The van der Waals surface area contributed by atoms with Crippen molar-refractivity contribution in [2.45, 2.75) is 39.4 Å². The fourth-order valence-corrected chi connectivity index (χ4v) is 1.54. The van der Waals surface area contributed by atoms with Crippen LogP contribution in [0.3, 0.4) is 0 Å². The number of ether oxygens (including phenoxy) is 2. The number of carbonyl (C=O) groups excluding carboxylic acids is 1. The van der Waals surface area contributed by atoms with Gasteiger partial charge in [-0.3, -0.25) is 4.79 Å². The monoisotopic (exact) mass is 215 g/mol. The van der Waals surface area contributed by atoms with Crippen molar-refractivity contribution in [3.8, 4) is 0 Å². The average Bonchev–Trinajstić information content (AvgIpc) is 2.31. The average molecular weight is 215 g/mol. The summed E-state index contributed by atoms with van der Waals surface area (Å²) < 4.78 is 10.4. The van der Waals surface area contributed by atoms with E-state index in [0.717, 1.165) is 25.8 Å². The van der Waals surface area contributed by atoms with Gasteiger partial charge in [-0.25, -0.2) is 0 Å². The second-order valence-corrected chi connectivity index (χ2v) is 3.85. The lowest BCUT2D eigenvalue weighted by Gasteiger charge is -2.23. The maximum atomic E-state index is 11.6. The second-order valence-electron chi connectivity index (χ2n) is 3.85. The van der Waals surface area contributed by atoms with Gasteiger partial charge in [0.15, 0.2) is 0 Å². The predicted octanol–water partition coefficient (Wildman–Crippen LogP) is 1.30. The first-order valence-electron chi connectivity index (χ1n) is 5.78. The van der Waals surface area contributed by atoms with E-state index >= 15 is 0 Å². The zero-order valence-electron chi connectivity index (χ0n) is 9.62. The molecular formula is C11H21NO3. The summed E-state index contributed by atoms with van der Waals surface area (Å²) >= 11 is 0. The van der Waals surface area contributed by atoms with Crippen LogP contribution in [0, 0.1) is 5.92 Å². The van der Waals surface area contributed by atoms with E-state index in [-0.39, 0.29) is 5.91 Å². The third-order valence-electron chi connectivity index (χ3n) is 2.76. The lowest BCUT2D eigenvalue weighted by Crippen LogP contribution is -2.42. The summed E-state index contributed by atoms with van der Waals surface area (Å²) in [4.78, 5) is 11.6. The molecule has 0 unspecified atom stereocenters. The highest BCUT2D eigenvalue weighted by atomic mass is 16.7. The molecule has 1 amide bonds. The van der Waals surface area contributed by atoms with E-state index in [1.54, 1.807) is 0 Å². The van der Waals surface area contributed by atoms with Gasteiger partial charge in [-0.05, 0) is 12.3 Å². The number of amides is 1. The molecule has 1 aliphatic rings. The molecule has 0 aromatic carbocycles. The molecule has 1 fully saturated rings. The molecular weight excluding hydrogens is 194 g/mol. The number of rotatable bonds is 5. The summed E-state index contributed by atoms with van der Waals surface area (Å²) in [6.45, 7) is 6.21. The van der Waals surface area contributed by atoms with E-state index in [1.165, 1.54) is 0 Å². The molecule has 1 saturated heterocycles. The van der Waals surface area contributed by atoms with Crippen LogP contribution in [0.25, 0.3) is 0 Å². The van der Waals surface area contributed by atoms with Crippen molar-refractivity contribution in [3.63, 3.8) is 0 Å². The quantitative estimate of drug-likeness (QED) is 0.752. The fraction of sp³-hybridized carbons (Fsp3) is 0.909. The van der Waals surface area contributed by atoms with E-state index in [0.29, 0.717) is 19.1 Å². The normalized spacial score (nSPS) is 18.1. The minimum atomic E-state index is -0.687. The number of nitrogens with one attached hydrogen (secondary N) is 1. The lowest BCUT2D eigenvalue weighted by atomic mass is 10.0. The summed E-state index contributed by atoms with van der Waals surface area (Å²) in [6.07, 6.45) is 2.36. The van der Waals surface area contributed by atoms with E-state index in [9.17, 15) is 4.79 Å². The van der Waals surface area contributed by atoms with Crippen molar-refractivity contribution in [3.05, 3.63) is 0 Å². The Balaban J connectivity index is 2.22. The van der Waals surface area contributed by atoms with E-state index < -0.39 is 6.29 Å². The third kappa shape index (κ3) is 4.18. The van der Waals surface area contributed by atoms with Crippen LogP contribution < -0.4 is 5.32 Å². The van der Waals surface area contributed by atoms with Crippen LogP contribution in [0.4, 0.5) is 0 Å². The van der Waals surface area contributed by atoms with Crippen LogP contribution >= 0.6 is 0 Å². The molecule has 4 heteroatoms. The summed E-state index contributed by atoms with van der Waals surface area (Å²) in [5.41, 5.74) is 0. The van der Waals surface area contributed by atoms with Crippen molar-refractivity contribution < 1.29 is 14.3 Å². The van der Waals surface area contributed by atoms with Gasteiger partial charge in [0.05, 0.1) is 13.2 Å². The molecule has 0 aromatic rings. The molecule has 1 rings (SSSR count). The van der Waals surface area contributed by atoms with Crippen molar-refractivity contribution >= 4 is 5.91 Å². The van der Waals surface area contributed by atoms with Crippen molar-refractivity contribution in [1.29, 1.82) is 0 Å². The minimum absolute atomic E-state index is 0.137. The molecule has 0 saturated carbocycles. The molecule has 88 valence electrons. The summed E-state index contributed by atoms with van der Waals surface area (Å²) in [7, 11) is 0. The highest BCUT2D eigenvalue weighted by molar-refractivity contribution is 5.79.